The van der Waals surface area contributed by atoms with E-state index in [1.165, 1.54) is 51.4 Å². The minimum Gasteiger partial charge on any atom is -0.481 e. The number of aliphatic carboxylic acids is 3. The fraction of sp³-hybridized carbons (Fsp3) is 0.870. The van der Waals surface area contributed by atoms with Crippen LogP contribution in [0.2, 0.25) is 0 Å². The van der Waals surface area contributed by atoms with Crippen molar-refractivity contribution in [1.82, 2.24) is 0 Å². The quantitative estimate of drug-likeness (QED) is 0.195. The summed E-state index contributed by atoms with van der Waals surface area (Å²) >= 11 is 0. The number of hydrogen-bond donors (Lipinski definition) is 3. The Labute approximate surface area is 176 Å². The average molecular weight is 415 g/mol. The van der Waals surface area contributed by atoms with Gasteiger partial charge < -0.3 is 15.3 Å². The van der Waals surface area contributed by atoms with Crippen molar-refractivity contribution in [3.63, 3.8) is 0 Å². The predicted octanol–water partition coefficient (Wildman–Crippen LogP) is 6.12. The Balaban J connectivity index is 3.85. The summed E-state index contributed by atoms with van der Waals surface area (Å²) in [6.07, 6.45) is 15.4. The Morgan fingerprint density at radius 3 is 1.34 bits per heavy atom. The molecule has 0 heterocycles. The van der Waals surface area contributed by atoms with E-state index in [1.54, 1.807) is 0 Å². The van der Waals surface area contributed by atoms with Crippen LogP contribution in [-0.2, 0) is 14.4 Å². The normalized spacial score (nSPS) is 13.1. The fourth-order valence-corrected chi connectivity index (χ4v) is 3.75. The highest BCUT2D eigenvalue weighted by Crippen LogP contribution is 2.22. The lowest BCUT2D eigenvalue weighted by molar-refractivity contribution is -0.143. The molecule has 0 aromatic rings. The van der Waals surface area contributed by atoms with Gasteiger partial charge in [-0.25, -0.2) is 0 Å². The summed E-state index contributed by atoms with van der Waals surface area (Å²) in [7, 11) is 0. The Morgan fingerprint density at radius 2 is 0.931 bits per heavy atom. The van der Waals surface area contributed by atoms with E-state index in [0.29, 0.717) is 25.7 Å². The highest BCUT2D eigenvalue weighted by Gasteiger charge is 2.21. The summed E-state index contributed by atoms with van der Waals surface area (Å²) in [5.41, 5.74) is 0. The maximum absolute atomic E-state index is 11.4. The molecule has 0 rings (SSSR count). The number of rotatable bonds is 21. The first kappa shape index (κ1) is 27.4. The lowest BCUT2D eigenvalue weighted by atomic mass is 9.91. The first-order chi connectivity index (χ1) is 13.9. The van der Waals surface area contributed by atoms with Crippen molar-refractivity contribution in [2.45, 2.75) is 116 Å². The first-order valence-electron chi connectivity index (χ1n) is 11.6. The Morgan fingerprint density at radius 1 is 0.552 bits per heavy atom. The molecule has 0 aliphatic carbocycles. The number of carboxylic acid groups (broad SMARTS) is 3. The lowest BCUT2D eigenvalue weighted by Gasteiger charge is -2.15. The van der Waals surface area contributed by atoms with E-state index in [-0.39, 0.29) is 12.8 Å². The van der Waals surface area contributed by atoms with Crippen LogP contribution in [0.5, 0.6) is 0 Å². The lowest BCUT2D eigenvalue weighted by Crippen LogP contribution is -2.17. The highest BCUT2D eigenvalue weighted by molar-refractivity contribution is 5.72. The minimum absolute atomic E-state index is 0.0982. The van der Waals surface area contributed by atoms with Gasteiger partial charge in [0.05, 0.1) is 11.8 Å². The molecule has 0 spiro atoms. The van der Waals surface area contributed by atoms with E-state index in [2.05, 4.69) is 6.92 Å². The molecule has 6 heteroatoms. The maximum atomic E-state index is 11.4. The van der Waals surface area contributed by atoms with Crippen LogP contribution in [0, 0.1) is 11.8 Å². The van der Waals surface area contributed by atoms with E-state index in [4.69, 9.17) is 10.2 Å². The zero-order chi connectivity index (χ0) is 21.9. The van der Waals surface area contributed by atoms with Crippen molar-refractivity contribution in [3.8, 4) is 0 Å². The van der Waals surface area contributed by atoms with Crippen molar-refractivity contribution < 1.29 is 29.7 Å². The summed E-state index contributed by atoms with van der Waals surface area (Å²) in [5.74, 6) is -3.95. The van der Waals surface area contributed by atoms with E-state index >= 15 is 0 Å². The van der Waals surface area contributed by atoms with Crippen molar-refractivity contribution >= 4 is 17.9 Å². The van der Waals surface area contributed by atoms with Crippen LogP contribution < -0.4 is 0 Å². The summed E-state index contributed by atoms with van der Waals surface area (Å²) in [4.78, 5) is 33.3. The molecule has 2 atom stereocenters. The molecule has 0 fully saturated rings. The smallest absolute Gasteiger partial charge is 0.306 e. The molecule has 0 aliphatic heterocycles. The molecular formula is C23H42O6. The molecule has 0 radical (unpaired) electrons. The molecule has 3 N–H and O–H groups in total. The average Bonchev–Trinajstić information content (AvgIpc) is 2.66. The van der Waals surface area contributed by atoms with E-state index in [9.17, 15) is 19.5 Å². The molecule has 0 saturated carbocycles. The number of hydrogen-bond acceptors (Lipinski definition) is 3. The standard InChI is InChI=1S/C23H42O6/c1-2-3-4-5-6-7-8-9-10-11-12-14-19(22(26)27)15-13-16-20(23(28)29)17-18-21(24)25/h19-20H,2-18H2,1H3,(H,24,25)(H,26,27)(H,28,29). The maximum Gasteiger partial charge on any atom is 0.306 e. The Kier molecular flexibility index (Phi) is 17.4. The molecule has 170 valence electrons. The van der Waals surface area contributed by atoms with E-state index < -0.39 is 29.7 Å². The van der Waals surface area contributed by atoms with Crippen LogP contribution in [-0.4, -0.2) is 33.2 Å². The molecule has 0 aromatic carbocycles. The second-order valence-electron chi connectivity index (χ2n) is 8.26. The Bertz CT molecular complexity index is 449. The topological polar surface area (TPSA) is 112 Å². The zero-order valence-electron chi connectivity index (χ0n) is 18.2. The van der Waals surface area contributed by atoms with Gasteiger partial charge in [-0.2, -0.15) is 0 Å². The van der Waals surface area contributed by atoms with E-state index in [0.717, 1.165) is 19.3 Å². The van der Waals surface area contributed by atoms with Crippen molar-refractivity contribution in [2.75, 3.05) is 0 Å². The van der Waals surface area contributed by atoms with Gasteiger partial charge in [0, 0.05) is 6.42 Å². The summed E-state index contributed by atoms with van der Waals surface area (Å²) in [5, 5.41) is 27.3. The largest absolute Gasteiger partial charge is 0.481 e. The Hall–Kier alpha value is -1.59. The summed E-state index contributed by atoms with van der Waals surface area (Å²) in [6.45, 7) is 2.23. The highest BCUT2D eigenvalue weighted by atomic mass is 16.4. The first-order valence-corrected chi connectivity index (χ1v) is 11.6. The number of carbonyl (C=O) groups is 3. The molecule has 29 heavy (non-hydrogen) atoms. The third kappa shape index (κ3) is 17.0. The van der Waals surface area contributed by atoms with Gasteiger partial charge in [-0.15, -0.1) is 0 Å². The third-order valence-electron chi connectivity index (χ3n) is 5.67. The van der Waals surface area contributed by atoms with Gasteiger partial charge in [0.1, 0.15) is 0 Å². The van der Waals surface area contributed by atoms with Crippen molar-refractivity contribution in [3.05, 3.63) is 0 Å². The van der Waals surface area contributed by atoms with Crippen LogP contribution in [0.1, 0.15) is 116 Å². The van der Waals surface area contributed by atoms with E-state index in [1.807, 2.05) is 0 Å². The van der Waals surface area contributed by atoms with Crippen LogP contribution in [0.25, 0.3) is 0 Å². The van der Waals surface area contributed by atoms with Gasteiger partial charge in [-0.05, 0) is 25.7 Å². The SMILES string of the molecule is CCCCCCCCCCCCCC(CCCC(CCC(=O)O)C(=O)O)C(=O)O. The van der Waals surface area contributed by atoms with Crippen molar-refractivity contribution in [2.24, 2.45) is 11.8 Å². The second-order valence-corrected chi connectivity index (χ2v) is 8.26. The van der Waals surface area contributed by atoms with Crippen molar-refractivity contribution in [1.29, 1.82) is 0 Å². The number of carboxylic acids is 3. The third-order valence-corrected chi connectivity index (χ3v) is 5.67. The molecule has 0 amide bonds. The molecule has 0 aromatic heterocycles. The van der Waals surface area contributed by atoms with Gasteiger partial charge in [0.15, 0.2) is 0 Å². The van der Waals surface area contributed by atoms with Crippen LogP contribution in [0.4, 0.5) is 0 Å². The number of unbranched alkanes of at least 4 members (excludes halogenated alkanes) is 10. The zero-order valence-corrected chi connectivity index (χ0v) is 18.2. The van der Waals surface area contributed by atoms with Crippen LogP contribution in [0.3, 0.4) is 0 Å². The van der Waals surface area contributed by atoms with Gasteiger partial charge in [0.25, 0.3) is 0 Å². The second kappa shape index (κ2) is 18.4. The molecular weight excluding hydrogens is 372 g/mol. The molecule has 0 saturated heterocycles. The van der Waals surface area contributed by atoms with Crippen LogP contribution >= 0.6 is 0 Å². The summed E-state index contributed by atoms with van der Waals surface area (Å²) < 4.78 is 0. The molecule has 6 nitrogen and oxygen atoms in total. The van der Waals surface area contributed by atoms with Gasteiger partial charge in [0.2, 0.25) is 0 Å². The predicted molar refractivity (Wildman–Crippen MR) is 114 cm³/mol. The van der Waals surface area contributed by atoms with Crippen LogP contribution in [0.15, 0.2) is 0 Å². The van der Waals surface area contributed by atoms with Gasteiger partial charge in [-0.3, -0.25) is 14.4 Å². The monoisotopic (exact) mass is 414 g/mol. The summed E-state index contributed by atoms with van der Waals surface area (Å²) in [6, 6.07) is 0. The fourth-order valence-electron chi connectivity index (χ4n) is 3.75. The van der Waals surface area contributed by atoms with Gasteiger partial charge >= 0.3 is 17.9 Å². The van der Waals surface area contributed by atoms with Gasteiger partial charge in [-0.1, -0.05) is 84.0 Å². The molecule has 2 unspecified atom stereocenters. The molecule has 0 bridgehead atoms. The molecule has 0 aliphatic rings. The minimum atomic E-state index is -1.00.